The molecule has 98 valence electrons. The Balaban J connectivity index is 3.52. The molecule has 4 N–H and O–H groups in total. The van der Waals surface area contributed by atoms with E-state index >= 15 is 0 Å². The number of nitriles is 1. The van der Waals surface area contributed by atoms with Gasteiger partial charge in [-0.25, -0.2) is 13.6 Å². The number of nitrogen functional groups attached to an aromatic ring is 1. The van der Waals surface area contributed by atoms with E-state index < -0.39 is 38.5 Å². The van der Waals surface area contributed by atoms with Crippen LogP contribution < -0.4 is 15.6 Å². The van der Waals surface area contributed by atoms with Crippen molar-refractivity contribution in [3.8, 4) is 11.9 Å². The van der Waals surface area contributed by atoms with Crippen molar-refractivity contribution < 1.29 is 26.3 Å². The SMILES string of the molecule is N#Cc1nc(OC(F)(F)F)c(S(N)(=O)=O)cc1N. The average molecular weight is 282 g/mol. The molecule has 0 aliphatic carbocycles. The monoisotopic (exact) mass is 282 g/mol. The van der Waals surface area contributed by atoms with Gasteiger partial charge in [-0.15, -0.1) is 13.2 Å². The topological polar surface area (TPSA) is 132 Å². The van der Waals surface area contributed by atoms with E-state index in [0.29, 0.717) is 6.07 Å². The second-order valence-corrected chi connectivity index (χ2v) is 4.46. The van der Waals surface area contributed by atoms with Gasteiger partial charge in [0.1, 0.15) is 11.0 Å². The lowest BCUT2D eigenvalue weighted by Crippen LogP contribution is -2.22. The molecule has 0 amide bonds. The minimum atomic E-state index is -5.19. The van der Waals surface area contributed by atoms with E-state index in [0.717, 1.165) is 0 Å². The van der Waals surface area contributed by atoms with Crippen LogP contribution >= 0.6 is 0 Å². The van der Waals surface area contributed by atoms with Crippen molar-refractivity contribution in [1.29, 1.82) is 5.26 Å². The molecule has 0 radical (unpaired) electrons. The van der Waals surface area contributed by atoms with Gasteiger partial charge in [-0.05, 0) is 6.07 Å². The summed E-state index contributed by atoms with van der Waals surface area (Å²) in [4.78, 5) is 2.00. The third-order valence-electron chi connectivity index (χ3n) is 1.61. The van der Waals surface area contributed by atoms with Crippen LogP contribution in [-0.2, 0) is 10.0 Å². The zero-order chi connectivity index (χ0) is 14.1. The van der Waals surface area contributed by atoms with Crippen molar-refractivity contribution in [3.05, 3.63) is 11.8 Å². The van der Waals surface area contributed by atoms with Crippen molar-refractivity contribution in [2.75, 3.05) is 5.73 Å². The molecule has 1 heterocycles. The van der Waals surface area contributed by atoms with Crippen molar-refractivity contribution in [1.82, 2.24) is 4.98 Å². The Morgan fingerprint density at radius 1 is 1.44 bits per heavy atom. The summed E-state index contributed by atoms with van der Waals surface area (Å²) in [6.45, 7) is 0. The van der Waals surface area contributed by atoms with Crippen LogP contribution in [0.1, 0.15) is 5.69 Å². The van der Waals surface area contributed by atoms with Crippen LogP contribution in [0.2, 0.25) is 0 Å². The first kappa shape index (κ1) is 14.0. The van der Waals surface area contributed by atoms with Crippen LogP contribution in [0.15, 0.2) is 11.0 Å². The van der Waals surface area contributed by atoms with Gasteiger partial charge in [0.2, 0.25) is 15.9 Å². The number of alkyl halides is 3. The molecule has 1 aromatic rings. The molecule has 0 aliphatic rings. The van der Waals surface area contributed by atoms with Crippen LogP contribution in [0.4, 0.5) is 18.9 Å². The summed E-state index contributed by atoms with van der Waals surface area (Å²) in [5.74, 6) is -1.35. The van der Waals surface area contributed by atoms with Gasteiger partial charge in [0, 0.05) is 0 Å². The molecule has 11 heteroatoms. The first-order valence-electron chi connectivity index (χ1n) is 4.04. The van der Waals surface area contributed by atoms with E-state index in [4.69, 9.17) is 11.0 Å². The Morgan fingerprint density at radius 3 is 2.39 bits per heavy atom. The summed E-state index contributed by atoms with van der Waals surface area (Å²) in [5.41, 5.74) is 4.18. The maximum atomic E-state index is 12.0. The third kappa shape index (κ3) is 3.22. The molecule has 1 rings (SSSR count). The third-order valence-corrected chi connectivity index (χ3v) is 2.51. The maximum Gasteiger partial charge on any atom is 0.574 e. The van der Waals surface area contributed by atoms with Crippen molar-refractivity contribution in [2.24, 2.45) is 5.14 Å². The predicted molar refractivity (Wildman–Crippen MR) is 51.4 cm³/mol. The Bertz CT molecular complexity index is 620. The molecule has 7 nitrogen and oxygen atoms in total. The maximum absolute atomic E-state index is 12.0. The molecule has 18 heavy (non-hydrogen) atoms. The van der Waals surface area contributed by atoms with Gasteiger partial charge >= 0.3 is 6.36 Å². The Labute approximate surface area is 98.8 Å². The molecule has 0 saturated carbocycles. The number of halogens is 3. The molecule has 0 atom stereocenters. The van der Waals surface area contributed by atoms with E-state index in [1.165, 1.54) is 6.07 Å². The number of sulfonamides is 1. The Morgan fingerprint density at radius 2 is 2.00 bits per heavy atom. The summed E-state index contributed by atoms with van der Waals surface area (Å²) in [6.07, 6.45) is -5.19. The van der Waals surface area contributed by atoms with Gasteiger partial charge in [-0.3, -0.25) is 0 Å². The number of primary sulfonamides is 1. The second-order valence-electron chi connectivity index (χ2n) is 2.93. The molecule has 0 fully saturated rings. The van der Waals surface area contributed by atoms with Gasteiger partial charge < -0.3 is 10.5 Å². The summed E-state index contributed by atoms with van der Waals surface area (Å²) in [6, 6.07) is 1.95. The van der Waals surface area contributed by atoms with Crippen LogP contribution in [-0.4, -0.2) is 19.8 Å². The Hall–Kier alpha value is -2.06. The van der Waals surface area contributed by atoms with Crippen LogP contribution in [0.3, 0.4) is 0 Å². The van der Waals surface area contributed by atoms with Gasteiger partial charge in [-0.2, -0.15) is 10.2 Å². The summed E-state index contributed by atoms with van der Waals surface area (Å²) in [5, 5.41) is 13.2. The van der Waals surface area contributed by atoms with Crippen LogP contribution in [0.25, 0.3) is 0 Å². The summed E-state index contributed by atoms with van der Waals surface area (Å²) < 4.78 is 61.6. The number of anilines is 1. The van der Waals surface area contributed by atoms with Crippen molar-refractivity contribution in [2.45, 2.75) is 11.3 Å². The molecule has 0 spiro atoms. The smallest absolute Gasteiger partial charge is 0.396 e. The molecule has 1 aromatic heterocycles. The van der Waals surface area contributed by atoms with Gasteiger partial charge in [0.15, 0.2) is 5.69 Å². The predicted octanol–water partition coefficient (Wildman–Crippen LogP) is 0.0815. The number of rotatable bonds is 2. The highest BCUT2D eigenvalue weighted by Gasteiger charge is 2.35. The molecule has 0 bridgehead atoms. The van der Waals surface area contributed by atoms with E-state index in [1.807, 2.05) is 0 Å². The highest BCUT2D eigenvalue weighted by molar-refractivity contribution is 7.89. The fourth-order valence-electron chi connectivity index (χ4n) is 0.969. The van der Waals surface area contributed by atoms with Crippen molar-refractivity contribution >= 4 is 15.7 Å². The second kappa shape index (κ2) is 4.31. The first-order chi connectivity index (χ1) is 8.04. The van der Waals surface area contributed by atoms with Crippen LogP contribution in [0, 0.1) is 11.3 Å². The van der Waals surface area contributed by atoms with Crippen molar-refractivity contribution in [3.63, 3.8) is 0 Å². The van der Waals surface area contributed by atoms with E-state index in [-0.39, 0.29) is 0 Å². The zero-order valence-corrected chi connectivity index (χ0v) is 9.21. The molecule has 0 saturated heterocycles. The van der Waals surface area contributed by atoms with E-state index in [9.17, 15) is 21.6 Å². The number of nitrogens with zero attached hydrogens (tertiary/aromatic N) is 2. The number of ether oxygens (including phenoxy) is 1. The van der Waals surface area contributed by atoms with E-state index in [1.54, 1.807) is 0 Å². The minimum absolute atomic E-state index is 0.434. The van der Waals surface area contributed by atoms with E-state index in [2.05, 4.69) is 14.9 Å². The number of nitrogens with two attached hydrogens (primary N) is 2. The highest BCUT2D eigenvalue weighted by atomic mass is 32.2. The number of hydrogen-bond acceptors (Lipinski definition) is 6. The number of aromatic nitrogens is 1. The Kier molecular flexibility index (Phi) is 3.36. The lowest BCUT2D eigenvalue weighted by molar-refractivity contribution is -0.277. The summed E-state index contributed by atoms with van der Waals surface area (Å²) in [7, 11) is -4.53. The molecular formula is C7H5F3N4O3S. The first-order valence-corrected chi connectivity index (χ1v) is 5.58. The fraction of sp³-hybridized carbons (Fsp3) is 0.143. The van der Waals surface area contributed by atoms with Gasteiger partial charge in [0.05, 0.1) is 5.69 Å². The fourth-order valence-corrected chi connectivity index (χ4v) is 1.59. The number of hydrogen-bond donors (Lipinski definition) is 2. The summed E-state index contributed by atoms with van der Waals surface area (Å²) >= 11 is 0. The van der Waals surface area contributed by atoms with Gasteiger partial charge in [-0.1, -0.05) is 0 Å². The molecule has 0 unspecified atom stereocenters. The normalized spacial score (nSPS) is 11.9. The zero-order valence-electron chi connectivity index (χ0n) is 8.39. The van der Waals surface area contributed by atoms with Crippen LogP contribution in [0.5, 0.6) is 5.88 Å². The molecule has 0 aromatic carbocycles. The molecule has 0 aliphatic heterocycles. The average Bonchev–Trinajstić information content (AvgIpc) is 2.16. The standard InChI is InChI=1S/C7H5F3N4O3S/c8-7(9,10)17-6-5(18(13,15)16)1-3(12)4(2-11)14-6/h1H,12H2,(H2,13,15,16). The number of pyridine rings is 1. The van der Waals surface area contributed by atoms with Gasteiger partial charge in [0.25, 0.3) is 0 Å². The highest BCUT2D eigenvalue weighted by Crippen LogP contribution is 2.29. The quantitative estimate of drug-likeness (QED) is 0.789. The minimum Gasteiger partial charge on any atom is -0.396 e. The lowest BCUT2D eigenvalue weighted by Gasteiger charge is -2.11. The molecular weight excluding hydrogens is 277 g/mol. The lowest BCUT2D eigenvalue weighted by atomic mass is 10.3. The largest absolute Gasteiger partial charge is 0.574 e.